The molecule has 3 rings (SSSR count). The number of halogens is 2. The normalized spacial score (nSPS) is 24.6. The summed E-state index contributed by atoms with van der Waals surface area (Å²) in [6, 6.07) is 4.69. The Kier molecular flexibility index (Phi) is 5.78. The van der Waals surface area contributed by atoms with Crippen LogP contribution in [0, 0.1) is 0 Å². The molecule has 0 saturated carbocycles. The number of ether oxygens (including phenoxy) is 2. The highest BCUT2D eigenvalue weighted by atomic mass is 19.3. The van der Waals surface area contributed by atoms with E-state index >= 15 is 0 Å². The molecule has 0 spiro atoms. The average Bonchev–Trinajstić information content (AvgIpc) is 3.23. The molecule has 8 nitrogen and oxygen atoms in total. The first-order valence-corrected chi connectivity index (χ1v) is 8.87. The molecule has 152 valence electrons. The van der Waals surface area contributed by atoms with E-state index in [0.29, 0.717) is 18.7 Å². The molecule has 2 aliphatic rings. The van der Waals surface area contributed by atoms with E-state index < -0.39 is 36.5 Å². The summed E-state index contributed by atoms with van der Waals surface area (Å²) in [5.74, 6) is -1.14. The van der Waals surface area contributed by atoms with Crippen LogP contribution < -0.4 is 15.4 Å². The maximum Gasteiger partial charge on any atom is 0.387 e. The van der Waals surface area contributed by atoms with Gasteiger partial charge >= 0.3 is 12.6 Å². The Bertz CT molecular complexity index is 752. The van der Waals surface area contributed by atoms with E-state index in [-0.39, 0.29) is 11.9 Å². The summed E-state index contributed by atoms with van der Waals surface area (Å²) < 4.78 is 34.2. The Labute approximate surface area is 160 Å². The van der Waals surface area contributed by atoms with E-state index in [9.17, 15) is 23.2 Å². The molecule has 0 aliphatic carbocycles. The van der Waals surface area contributed by atoms with E-state index in [1.165, 1.54) is 31.2 Å². The quantitative estimate of drug-likeness (QED) is 0.677. The van der Waals surface area contributed by atoms with Gasteiger partial charge in [-0.3, -0.25) is 14.5 Å². The molecule has 28 heavy (non-hydrogen) atoms. The molecule has 0 radical (unpaired) electrons. The number of hydrogen-bond acceptors (Lipinski definition) is 5. The fourth-order valence-electron chi connectivity index (χ4n) is 3.24. The average molecular weight is 397 g/mol. The lowest BCUT2D eigenvalue weighted by atomic mass is 9.92. The van der Waals surface area contributed by atoms with Gasteiger partial charge in [0.2, 0.25) is 5.91 Å². The number of rotatable bonds is 7. The van der Waals surface area contributed by atoms with Gasteiger partial charge in [0.15, 0.2) is 0 Å². The van der Waals surface area contributed by atoms with Crippen molar-refractivity contribution in [1.29, 1.82) is 0 Å². The van der Waals surface area contributed by atoms with Crippen molar-refractivity contribution >= 4 is 17.8 Å². The SMILES string of the molecule is C[C@]1(c2ccc(OC(F)F)cc2)NC(=O)N(CC(=O)NC[C@H]2CCCO2)C1=O. The van der Waals surface area contributed by atoms with Crippen molar-refractivity contribution in [3.63, 3.8) is 0 Å². The summed E-state index contributed by atoms with van der Waals surface area (Å²) in [4.78, 5) is 38.0. The van der Waals surface area contributed by atoms with Crippen LogP contribution in [0.5, 0.6) is 5.75 Å². The predicted molar refractivity (Wildman–Crippen MR) is 92.7 cm³/mol. The molecule has 0 bridgehead atoms. The van der Waals surface area contributed by atoms with Crippen molar-refractivity contribution in [1.82, 2.24) is 15.5 Å². The Morgan fingerprint density at radius 3 is 2.71 bits per heavy atom. The van der Waals surface area contributed by atoms with E-state index in [1.54, 1.807) is 0 Å². The number of alkyl halides is 2. The third kappa shape index (κ3) is 4.22. The van der Waals surface area contributed by atoms with Crippen molar-refractivity contribution in [2.45, 2.75) is 38.0 Å². The van der Waals surface area contributed by atoms with Gasteiger partial charge in [0.05, 0.1) is 6.10 Å². The van der Waals surface area contributed by atoms with Crippen LogP contribution in [0.2, 0.25) is 0 Å². The van der Waals surface area contributed by atoms with Crippen molar-refractivity contribution < 1.29 is 32.6 Å². The Morgan fingerprint density at radius 1 is 1.39 bits per heavy atom. The van der Waals surface area contributed by atoms with Gasteiger partial charge < -0.3 is 20.1 Å². The van der Waals surface area contributed by atoms with Crippen LogP contribution in [0.4, 0.5) is 13.6 Å². The number of benzene rings is 1. The van der Waals surface area contributed by atoms with Gasteiger partial charge in [0.1, 0.15) is 17.8 Å². The lowest BCUT2D eigenvalue weighted by molar-refractivity contribution is -0.134. The van der Waals surface area contributed by atoms with Gasteiger partial charge in [-0.2, -0.15) is 8.78 Å². The molecule has 4 amide bonds. The van der Waals surface area contributed by atoms with Gasteiger partial charge in [-0.15, -0.1) is 0 Å². The minimum atomic E-state index is -2.96. The van der Waals surface area contributed by atoms with Crippen molar-refractivity contribution in [2.75, 3.05) is 19.7 Å². The van der Waals surface area contributed by atoms with Gasteiger partial charge in [0, 0.05) is 13.2 Å². The number of nitrogens with one attached hydrogen (secondary N) is 2. The first kappa shape index (κ1) is 20.0. The summed E-state index contributed by atoms with van der Waals surface area (Å²) in [7, 11) is 0. The second-order valence-corrected chi connectivity index (χ2v) is 6.79. The highest BCUT2D eigenvalue weighted by Gasteiger charge is 2.49. The Morgan fingerprint density at radius 2 is 2.11 bits per heavy atom. The zero-order valence-corrected chi connectivity index (χ0v) is 15.2. The van der Waals surface area contributed by atoms with Gasteiger partial charge in [-0.05, 0) is 37.5 Å². The number of urea groups is 1. The molecule has 1 aromatic rings. The predicted octanol–water partition coefficient (Wildman–Crippen LogP) is 1.35. The van der Waals surface area contributed by atoms with Crippen LogP contribution in [-0.4, -0.2) is 55.2 Å². The van der Waals surface area contributed by atoms with E-state index in [2.05, 4.69) is 15.4 Å². The smallest absolute Gasteiger partial charge is 0.387 e. The molecular formula is C18H21F2N3O5. The zero-order chi connectivity index (χ0) is 20.3. The van der Waals surface area contributed by atoms with Crippen LogP contribution >= 0.6 is 0 Å². The van der Waals surface area contributed by atoms with Gasteiger partial charge in [-0.25, -0.2) is 4.79 Å². The number of nitrogens with zero attached hydrogens (tertiary/aromatic N) is 1. The fourth-order valence-corrected chi connectivity index (χ4v) is 3.24. The summed E-state index contributed by atoms with van der Waals surface area (Å²) in [6.07, 6.45) is 1.74. The largest absolute Gasteiger partial charge is 0.435 e. The van der Waals surface area contributed by atoms with Crippen molar-refractivity contribution in [3.05, 3.63) is 29.8 Å². The fraction of sp³-hybridized carbons (Fsp3) is 0.500. The minimum absolute atomic E-state index is 0.0497. The van der Waals surface area contributed by atoms with Crippen LogP contribution in [-0.2, 0) is 19.9 Å². The van der Waals surface area contributed by atoms with Crippen LogP contribution in [0.3, 0.4) is 0 Å². The summed E-state index contributed by atoms with van der Waals surface area (Å²) in [5, 5.41) is 5.21. The van der Waals surface area contributed by atoms with Gasteiger partial charge in [-0.1, -0.05) is 12.1 Å². The minimum Gasteiger partial charge on any atom is -0.435 e. The first-order chi connectivity index (χ1) is 13.3. The molecule has 2 N–H and O–H groups in total. The standard InChI is InChI=1S/C18H21F2N3O5/c1-18(11-4-6-12(7-5-11)28-16(19)20)15(25)23(17(26)22-18)10-14(24)21-9-13-3-2-8-27-13/h4-7,13,16H,2-3,8-10H2,1H3,(H,21,24)(H,22,26)/t13-,18-/m1/s1. The molecule has 0 unspecified atom stereocenters. The van der Waals surface area contributed by atoms with E-state index in [4.69, 9.17) is 4.74 Å². The molecule has 2 fully saturated rings. The highest BCUT2D eigenvalue weighted by molar-refractivity contribution is 6.09. The number of amides is 4. The lowest BCUT2D eigenvalue weighted by Gasteiger charge is -2.22. The number of carbonyl (C=O) groups is 3. The monoisotopic (exact) mass is 397 g/mol. The number of imide groups is 1. The Balaban J connectivity index is 1.63. The maximum atomic E-state index is 12.8. The second-order valence-electron chi connectivity index (χ2n) is 6.79. The van der Waals surface area contributed by atoms with Crippen molar-refractivity contribution in [3.8, 4) is 5.75 Å². The summed E-state index contributed by atoms with van der Waals surface area (Å²) in [6.45, 7) is -0.906. The van der Waals surface area contributed by atoms with E-state index in [1.807, 2.05) is 0 Å². The highest BCUT2D eigenvalue weighted by Crippen LogP contribution is 2.30. The first-order valence-electron chi connectivity index (χ1n) is 8.87. The molecule has 2 heterocycles. The maximum absolute atomic E-state index is 12.8. The zero-order valence-electron chi connectivity index (χ0n) is 15.2. The molecule has 2 saturated heterocycles. The topological polar surface area (TPSA) is 97.0 Å². The molecule has 2 atom stereocenters. The number of hydrogen-bond donors (Lipinski definition) is 2. The number of carbonyl (C=O) groups excluding carboxylic acids is 3. The lowest BCUT2D eigenvalue weighted by Crippen LogP contribution is -2.44. The van der Waals surface area contributed by atoms with Crippen LogP contribution in [0.25, 0.3) is 0 Å². The van der Waals surface area contributed by atoms with Crippen molar-refractivity contribution in [2.24, 2.45) is 0 Å². The molecular weight excluding hydrogens is 376 g/mol. The summed E-state index contributed by atoms with van der Waals surface area (Å²) in [5.41, 5.74) is -1.02. The third-order valence-corrected chi connectivity index (χ3v) is 4.78. The van der Waals surface area contributed by atoms with Crippen LogP contribution in [0.15, 0.2) is 24.3 Å². The second kappa shape index (κ2) is 8.09. The molecule has 0 aromatic heterocycles. The summed E-state index contributed by atoms with van der Waals surface area (Å²) >= 11 is 0. The van der Waals surface area contributed by atoms with Crippen LogP contribution in [0.1, 0.15) is 25.3 Å². The Hall–Kier alpha value is -2.75. The molecule has 1 aromatic carbocycles. The molecule has 2 aliphatic heterocycles. The third-order valence-electron chi connectivity index (χ3n) is 4.78. The van der Waals surface area contributed by atoms with Gasteiger partial charge in [0.25, 0.3) is 5.91 Å². The van der Waals surface area contributed by atoms with E-state index in [0.717, 1.165) is 17.7 Å². The molecule has 10 heteroatoms.